The first-order chi connectivity index (χ1) is 5.08. The highest BCUT2D eigenvalue weighted by Crippen LogP contribution is 2.22. The zero-order valence-corrected chi connectivity index (χ0v) is 7.81. The van der Waals surface area contributed by atoms with Gasteiger partial charge < -0.3 is 10.1 Å². The van der Waals surface area contributed by atoms with Crippen LogP contribution in [0.5, 0.6) is 0 Å². The average molecular weight is 157 g/mol. The summed E-state index contributed by atoms with van der Waals surface area (Å²) in [5.41, 5.74) is 0.229. The quantitative estimate of drug-likeness (QED) is 0.625. The predicted molar refractivity (Wildman–Crippen MR) is 46.7 cm³/mol. The fourth-order valence-electron chi connectivity index (χ4n) is 0.886. The molecule has 0 amide bonds. The summed E-state index contributed by atoms with van der Waals surface area (Å²) in [6.45, 7) is 8.35. The smallest absolute Gasteiger partial charge is 0.0594 e. The minimum atomic E-state index is 0.229. The lowest BCUT2D eigenvalue weighted by Crippen LogP contribution is -2.38. The summed E-state index contributed by atoms with van der Waals surface area (Å²) in [5.74, 6) is 0. The maximum absolute atomic E-state index is 5.49. The van der Waals surface area contributed by atoms with Crippen LogP contribution in [0, 0.1) is 0 Å². The molecule has 0 bridgehead atoms. The van der Waals surface area contributed by atoms with Crippen molar-refractivity contribution >= 4 is 0 Å². The van der Waals surface area contributed by atoms with E-state index in [0.29, 0.717) is 6.10 Å². The zero-order chi connectivity index (χ0) is 8.32. The monoisotopic (exact) mass is 157 g/mol. The Labute approximate surface area is 69.3 Å². The molecule has 0 saturated heterocycles. The Morgan fingerprint density at radius 2 is 2.00 bits per heavy atom. The summed E-state index contributed by atoms with van der Waals surface area (Å²) >= 11 is 0. The topological polar surface area (TPSA) is 21.3 Å². The van der Waals surface area contributed by atoms with Crippen molar-refractivity contribution in [2.75, 3.05) is 13.2 Å². The van der Waals surface area contributed by atoms with Gasteiger partial charge in [-0.2, -0.15) is 0 Å². The molecule has 2 heteroatoms. The van der Waals surface area contributed by atoms with Gasteiger partial charge in [0, 0.05) is 12.1 Å². The van der Waals surface area contributed by atoms with Crippen LogP contribution in [0.25, 0.3) is 0 Å². The first-order valence-electron chi connectivity index (χ1n) is 4.44. The van der Waals surface area contributed by atoms with E-state index < -0.39 is 0 Å². The molecule has 1 aliphatic carbocycles. The molecule has 0 aliphatic heterocycles. The normalized spacial score (nSPS) is 18.8. The Morgan fingerprint density at radius 3 is 2.45 bits per heavy atom. The molecule has 0 aromatic heterocycles. The van der Waals surface area contributed by atoms with Gasteiger partial charge in [-0.3, -0.25) is 0 Å². The van der Waals surface area contributed by atoms with Crippen LogP contribution in [0.2, 0.25) is 0 Å². The minimum Gasteiger partial charge on any atom is -0.377 e. The molecule has 2 nitrogen and oxygen atoms in total. The van der Waals surface area contributed by atoms with E-state index in [1.807, 2.05) is 0 Å². The molecule has 11 heavy (non-hydrogen) atoms. The summed E-state index contributed by atoms with van der Waals surface area (Å²) in [6.07, 6.45) is 3.14. The van der Waals surface area contributed by atoms with E-state index in [1.165, 1.54) is 12.8 Å². The Bertz CT molecular complexity index is 113. The van der Waals surface area contributed by atoms with Gasteiger partial charge in [0.2, 0.25) is 0 Å². The van der Waals surface area contributed by atoms with E-state index in [9.17, 15) is 0 Å². The second kappa shape index (κ2) is 3.55. The Hall–Kier alpha value is -0.0800. The molecule has 1 fully saturated rings. The van der Waals surface area contributed by atoms with E-state index in [0.717, 1.165) is 13.2 Å². The van der Waals surface area contributed by atoms with Crippen molar-refractivity contribution in [3.8, 4) is 0 Å². The van der Waals surface area contributed by atoms with E-state index in [2.05, 4.69) is 26.1 Å². The van der Waals surface area contributed by atoms with Gasteiger partial charge in [0.05, 0.1) is 12.7 Å². The van der Waals surface area contributed by atoms with Crippen molar-refractivity contribution in [2.45, 2.75) is 45.3 Å². The summed E-state index contributed by atoms with van der Waals surface area (Å²) in [5, 5.41) is 3.38. The van der Waals surface area contributed by atoms with E-state index in [4.69, 9.17) is 4.74 Å². The molecule has 0 heterocycles. The molecular weight excluding hydrogens is 138 g/mol. The predicted octanol–water partition coefficient (Wildman–Crippen LogP) is 1.55. The number of hydrogen-bond acceptors (Lipinski definition) is 2. The number of hydrogen-bond donors (Lipinski definition) is 1. The highest BCUT2D eigenvalue weighted by Gasteiger charge is 2.21. The lowest BCUT2D eigenvalue weighted by molar-refractivity contribution is 0.117. The van der Waals surface area contributed by atoms with Gasteiger partial charge in [-0.15, -0.1) is 0 Å². The fourth-order valence-corrected chi connectivity index (χ4v) is 0.886. The molecule has 0 aromatic carbocycles. The molecule has 0 aromatic rings. The molecule has 0 atom stereocenters. The number of nitrogens with one attached hydrogen (secondary N) is 1. The van der Waals surface area contributed by atoms with E-state index in [1.54, 1.807) is 0 Å². The molecular formula is C9H19NO. The van der Waals surface area contributed by atoms with Crippen LogP contribution in [0.4, 0.5) is 0 Å². The third kappa shape index (κ3) is 5.22. The SMILES string of the molecule is CC(C)(C)NCCOC1CC1. The Morgan fingerprint density at radius 1 is 1.36 bits per heavy atom. The van der Waals surface area contributed by atoms with Crippen LogP contribution in [-0.4, -0.2) is 24.8 Å². The van der Waals surface area contributed by atoms with Crippen LogP contribution in [-0.2, 0) is 4.74 Å². The van der Waals surface area contributed by atoms with Gasteiger partial charge in [-0.05, 0) is 33.6 Å². The van der Waals surface area contributed by atoms with Crippen LogP contribution in [0.15, 0.2) is 0 Å². The third-order valence-electron chi connectivity index (χ3n) is 1.64. The van der Waals surface area contributed by atoms with Gasteiger partial charge in [-0.1, -0.05) is 0 Å². The Balaban J connectivity index is 1.87. The largest absolute Gasteiger partial charge is 0.377 e. The van der Waals surface area contributed by atoms with Gasteiger partial charge in [0.1, 0.15) is 0 Å². The highest BCUT2D eigenvalue weighted by molar-refractivity contribution is 4.74. The van der Waals surface area contributed by atoms with Crippen molar-refractivity contribution < 1.29 is 4.74 Å². The number of ether oxygens (including phenoxy) is 1. The maximum Gasteiger partial charge on any atom is 0.0594 e. The van der Waals surface area contributed by atoms with Crippen molar-refractivity contribution in [2.24, 2.45) is 0 Å². The van der Waals surface area contributed by atoms with Crippen LogP contribution in [0.3, 0.4) is 0 Å². The second-order valence-corrected chi connectivity index (χ2v) is 4.25. The molecule has 0 spiro atoms. The van der Waals surface area contributed by atoms with Crippen LogP contribution in [0.1, 0.15) is 33.6 Å². The minimum absolute atomic E-state index is 0.229. The van der Waals surface area contributed by atoms with Crippen molar-refractivity contribution in [1.82, 2.24) is 5.32 Å². The lowest BCUT2D eigenvalue weighted by Gasteiger charge is -2.20. The van der Waals surface area contributed by atoms with Gasteiger partial charge in [-0.25, -0.2) is 0 Å². The number of rotatable bonds is 4. The summed E-state index contributed by atoms with van der Waals surface area (Å²) in [4.78, 5) is 0. The summed E-state index contributed by atoms with van der Waals surface area (Å²) in [7, 11) is 0. The van der Waals surface area contributed by atoms with Gasteiger partial charge in [0.15, 0.2) is 0 Å². The molecule has 1 rings (SSSR count). The fraction of sp³-hybridized carbons (Fsp3) is 1.00. The van der Waals surface area contributed by atoms with Crippen LogP contribution < -0.4 is 5.32 Å². The standard InChI is InChI=1S/C9H19NO/c1-9(2,3)10-6-7-11-8-4-5-8/h8,10H,4-7H2,1-3H3. The second-order valence-electron chi connectivity index (χ2n) is 4.25. The van der Waals surface area contributed by atoms with E-state index in [-0.39, 0.29) is 5.54 Å². The first-order valence-corrected chi connectivity index (χ1v) is 4.44. The molecule has 1 aliphatic rings. The first kappa shape index (κ1) is 9.01. The zero-order valence-electron chi connectivity index (χ0n) is 7.81. The van der Waals surface area contributed by atoms with Gasteiger partial charge in [0.25, 0.3) is 0 Å². The van der Waals surface area contributed by atoms with Crippen LogP contribution >= 0.6 is 0 Å². The van der Waals surface area contributed by atoms with Crippen molar-refractivity contribution in [1.29, 1.82) is 0 Å². The maximum atomic E-state index is 5.49. The molecule has 66 valence electrons. The molecule has 0 unspecified atom stereocenters. The average Bonchev–Trinajstić information content (AvgIpc) is 2.60. The lowest BCUT2D eigenvalue weighted by atomic mass is 10.1. The highest BCUT2D eigenvalue weighted by atomic mass is 16.5. The van der Waals surface area contributed by atoms with Crippen molar-refractivity contribution in [3.63, 3.8) is 0 Å². The molecule has 1 saturated carbocycles. The summed E-state index contributed by atoms with van der Waals surface area (Å²) < 4.78 is 5.49. The van der Waals surface area contributed by atoms with Crippen molar-refractivity contribution in [3.05, 3.63) is 0 Å². The van der Waals surface area contributed by atoms with Gasteiger partial charge >= 0.3 is 0 Å². The Kier molecular flexibility index (Phi) is 2.90. The molecule has 0 radical (unpaired) electrons. The van der Waals surface area contributed by atoms with E-state index >= 15 is 0 Å². The third-order valence-corrected chi connectivity index (χ3v) is 1.64. The summed E-state index contributed by atoms with van der Waals surface area (Å²) in [6, 6.07) is 0. The molecule has 1 N–H and O–H groups in total.